The fourth-order valence-electron chi connectivity index (χ4n) is 3.70. The monoisotopic (exact) mass is 430 g/mol. The van der Waals surface area contributed by atoms with Crippen LogP contribution < -0.4 is 11.1 Å². The second-order valence-corrected chi connectivity index (χ2v) is 7.47. The van der Waals surface area contributed by atoms with Gasteiger partial charge in [-0.25, -0.2) is 4.79 Å². The molecule has 6 nitrogen and oxygen atoms in total. The van der Waals surface area contributed by atoms with Gasteiger partial charge in [-0.3, -0.25) is 4.79 Å². The summed E-state index contributed by atoms with van der Waals surface area (Å²) in [6.07, 6.45) is 2.40. The highest BCUT2D eigenvalue weighted by Gasteiger charge is 2.31. The number of para-hydroxylation sites is 1. The highest BCUT2D eigenvalue weighted by atomic mass is 35.5. The summed E-state index contributed by atoms with van der Waals surface area (Å²) >= 11 is 0. The molecule has 7 heteroatoms. The summed E-state index contributed by atoms with van der Waals surface area (Å²) in [7, 11) is 0. The average Bonchev–Trinajstić information content (AvgIpc) is 2.77. The van der Waals surface area contributed by atoms with Crippen LogP contribution in [0.5, 0.6) is 0 Å². The van der Waals surface area contributed by atoms with Crippen molar-refractivity contribution in [2.24, 2.45) is 11.7 Å². The number of urea groups is 1. The molecule has 2 aromatic carbocycles. The number of anilines is 1. The summed E-state index contributed by atoms with van der Waals surface area (Å²) in [5, 5.41) is 2.92. The summed E-state index contributed by atoms with van der Waals surface area (Å²) < 4.78 is 0. The molecule has 1 unspecified atom stereocenters. The molecule has 0 radical (unpaired) electrons. The third-order valence-electron chi connectivity index (χ3n) is 5.24. The Kier molecular flexibility index (Phi) is 9.64. The third kappa shape index (κ3) is 6.75. The third-order valence-corrected chi connectivity index (χ3v) is 5.24. The molecule has 3 N–H and O–H groups in total. The van der Waals surface area contributed by atoms with Crippen LogP contribution in [0.1, 0.15) is 24.8 Å². The van der Waals surface area contributed by atoms with E-state index in [1.54, 1.807) is 4.90 Å². The van der Waals surface area contributed by atoms with Crippen LogP contribution in [0.15, 0.2) is 60.7 Å². The van der Waals surface area contributed by atoms with Crippen molar-refractivity contribution >= 4 is 30.0 Å². The average molecular weight is 431 g/mol. The van der Waals surface area contributed by atoms with Gasteiger partial charge >= 0.3 is 6.03 Å². The molecule has 162 valence electrons. The highest BCUT2D eigenvalue weighted by Crippen LogP contribution is 2.21. The summed E-state index contributed by atoms with van der Waals surface area (Å²) in [6, 6.07) is 19.3. The van der Waals surface area contributed by atoms with E-state index < -0.39 is 0 Å². The van der Waals surface area contributed by atoms with Crippen LogP contribution in [0.4, 0.5) is 10.5 Å². The summed E-state index contributed by atoms with van der Waals surface area (Å²) in [5.41, 5.74) is 7.55. The first-order chi connectivity index (χ1) is 14.2. The number of hydrogen-bond acceptors (Lipinski definition) is 3. The van der Waals surface area contributed by atoms with Gasteiger partial charge in [0.15, 0.2) is 0 Å². The van der Waals surface area contributed by atoms with Gasteiger partial charge < -0.3 is 20.9 Å². The topological polar surface area (TPSA) is 78.7 Å². The number of rotatable bonds is 7. The predicted molar refractivity (Wildman–Crippen MR) is 123 cm³/mol. The lowest BCUT2D eigenvalue weighted by Gasteiger charge is -2.35. The van der Waals surface area contributed by atoms with E-state index in [4.69, 9.17) is 5.73 Å². The van der Waals surface area contributed by atoms with E-state index in [1.807, 2.05) is 65.6 Å². The van der Waals surface area contributed by atoms with E-state index in [-0.39, 0.29) is 30.3 Å². The van der Waals surface area contributed by atoms with Gasteiger partial charge in [-0.15, -0.1) is 12.4 Å². The van der Waals surface area contributed by atoms with Crippen molar-refractivity contribution in [1.82, 2.24) is 9.80 Å². The zero-order valence-corrected chi connectivity index (χ0v) is 18.0. The molecule has 0 aliphatic carbocycles. The van der Waals surface area contributed by atoms with Crippen LogP contribution in [0.2, 0.25) is 0 Å². The Hall–Kier alpha value is -2.57. The maximum absolute atomic E-state index is 13.3. The molecule has 1 aliphatic heterocycles. The number of likely N-dealkylation sites (tertiary alicyclic amines) is 1. The SMILES string of the molecule is Cl.NCCCN(Cc1ccccc1)C(=O)C1CCCN(C(=O)Nc2ccccc2)C1. The van der Waals surface area contributed by atoms with Crippen LogP contribution in [0, 0.1) is 5.92 Å². The van der Waals surface area contributed by atoms with Crippen molar-refractivity contribution in [2.75, 3.05) is 31.5 Å². The second-order valence-electron chi connectivity index (χ2n) is 7.47. The zero-order valence-electron chi connectivity index (χ0n) is 17.2. The summed E-state index contributed by atoms with van der Waals surface area (Å²) in [6.45, 7) is 2.88. The van der Waals surface area contributed by atoms with E-state index >= 15 is 0 Å². The van der Waals surface area contributed by atoms with Crippen molar-refractivity contribution in [1.29, 1.82) is 0 Å². The minimum absolute atomic E-state index is 0. The van der Waals surface area contributed by atoms with Crippen molar-refractivity contribution in [3.05, 3.63) is 66.2 Å². The van der Waals surface area contributed by atoms with Crippen LogP contribution in [-0.2, 0) is 11.3 Å². The molecule has 0 aromatic heterocycles. The van der Waals surface area contributed by atoms with Crippen molar-refractivity contribution < 1.29 is 9.59 Å². The molecular formula is C23H31ClN4O2. The van der Waals surface area contributed by atoms with Crippen molar-refractivity contribution in [3.63, 3.8) is 0 Å². The molecule has 0 bridgehead atoms. The van der Waals surface area contributed by atoms with Crippen LogP contribution in [-0.4, -0.2) is 47.9 Å². The number of nitrogens with zero attached hydrogens (tertiary/aromatic N) is 2. The van der Waals surface area contributed by atoms with Gasteiger partial charge in [-0.05, 0) is 43.5 Å². The maximum atomic E-state index is 13.3. The molecule has 0 saturated carbocycles. The quantitative estimate of drug-likeness (QED) is 0.702. The maximum Gasteiger partial charge on any atom is 0.321 e. The van der Waals surface area contributed by atoms with E-state index in [2.05, 4.69) is 5.32 Å². The number of amides is 3. The Bertz CT molecular complexity index is 788. The molecule has 3 amide bonds. The Labute approximate surface area is 184 Å². The first-order valence-electron chi connectivity index (χ1n) is 10.3. The minimum Gasteiger partial charge on any atom is -0.338 e. The number of nitrogens with two attached hydrogens (primary N) is 1. The first kappa shape index (κ1) is 23.7. The molecule has 1 atom stereocenters. The first-order valence-corrected chi connectivity index (χ1v) is 10.3. The van der Waals surface area contributed by atoms with Gasteiger partial charge in [0.25, 0.3) is 0 Å². The van der Waals surface area contributed by atoms with Gasteiger partial charge in [0.2, 0.25) is 5.91 Å². The number of hydrogen-bond donors (Lipinski definition) is 2. The largest absolute Gasteiger partial charge is 0.338 e. The van der Waals surface area contributed by atoms with Gasteiger partial charge in [0.05, 0.1) is 5.92 Å². The van der Waals surface area contributed by atoms with E-state index in [9.17, 15) is 9.59 Å². The number of benzene rings is 2. The van der Waals surface area contributed by atoms with E-state index in [0.717, 1.165) is 30.5 Å². The smallest absolute Gasteiger partial charge is 0.321 e. The summed E-state index contributed by atoms with van der Waals surface area (Å²) in [4.78, 5) is 29.6. The van der Waals surface area contributed by atoms with Gasteiger partial charge in [-0.1, -0.05) is 48.5 Å². The molecule has 1 aliphatic rings. The van der Waals surface area contributed by atoms with Gasteiger partial charge in [-0.2, -0.15) is 0 Å². The second kappa shape index (κ2) is 12.2. The van der Waals surface area contributed by atoms with Gasteiger partial charge in [0, 0.05) is 31.9 Å². The molecule has 3 rings (SSSR count). The standard InChI is InChI=1S/C23H30N4O2.ClH/c24-14-8-16-26(17-19-9-3-1-4-10-19)22(28)20-11-7-15-27(18-20)23(29)25-21-12-5-2-6-13-21;/h1-6,9-10,12-13,20H,7-8,11,14-18,24H2,(H,25,29);1H. The Morgan fingerprint density at radius 2 is 1.73 bits per heavy atom. The lowest BCUT2D eigenvalue weighted by atomic mass is 9.96. The van der Waals surface area contributed by atoms with E-state index in [1.165, 1.54) is 0 Å². The number of halogens is 1. The number of carbonyl (C=O) groups is 2. The lowest BCUT2D eigenvalue weighted by molar-refractivity contribution is -0.137. The molecule has 1 saturated heterocycles. The predicted octanol–water partition coefficient (Wildman–Crippen LogP) is 3.73. The number of piperidine rings is 1. The fraction of sp³-hybridized carbons (Fsp3) is 0.391. The molecule has 1 heterocycles. The zero-order chi connectivity index (χ0) is 20.5. The Morgan fingerprint density at radius 3 is 2.40 bits per heavy atom. The molecule has 2 aromatic rings. The molecular weight excluding hydrogens is 400 g/mol. The molecule has 0 spiro atoms. The van der Waals surface area contributed by atoms with E-state index in [0.29, 0.717) is 32.7 Å². The molecule has 1 fully saturated rings. The fourth-order valence-corrected chi connectivity index (χ4v) is 3.70. The van der Waals surface area contributed by atoms with Crippen molar-refractivity contribution in [2.45, 2.75) is 25.8 Å². The normalized spacial score (nSPS) is 15.8. The molecule has 30 heavy (non-hydrogen) atoms. The minimum atomic E-state index is -0.174. The Balaban J connectivity index is 0.00000320. The van der Waals surface area contributed by atoms with Crippen LogP contribution in [0.3, 0.4) is 0 Å². The van der Waals surface area contributed by atoms with Crippen LogP contribution >= 0.6 is 12.4 Å². The summed E-state index contributed by atoms with van der Waals surface area (Å²) in [5.74, 6) is -0.0636. The van der Waals surface area contributed by atoms with Gasteiger partial charge in [0.1, 0.15) is 0 Å². The van der Waals surface area contributed by atoms with Crippen molar-refractivity contribution in [3.8, 4) is 0 Å². The Morgan fingerprint density at radius 1 is 1.07 bits per heavy atom. The lowest BCUT2D eigenvalue weighted by Crippen LogP contribution is -2.48. The number of carbonyl (C=O) groups excluding carboxylic acids is 2. The van der Waals surface area contributed by atoms with Crippen LogP contribution in [0.25, 0.3) is 0 Å². The highest BCUT2D eigenvalue weighted by molar-refractivity contribution is 5.90. The number of nitrogens with one attached hydrogen (secondary N) is 1.